The van der Waals surface area contributed by atoms with Crippen molar-refractivity contribution in [2.75, 3.05) is 11.4 Å². The fourth-order valence-electron chi connectivity index (χ4n) is 3.64. The van der Waals surface area contributed by atoms with E-state index in [-0.39, 0.29) is 24.8 Å². The summed E-state index contributed by atoms with van der Waals surface area (Å²) in [5, 5.41) is 12.9. The summed E-state index contributed by atoms with van der Waals surface area (Å²) in [6, 6.07) is 6.86. The second-order valence-corrected chi connectivity index (χ2v) is 7.26. The Morgan fingerprint density at radius 3 is 2.40 bits per heavy atom. The highest BCUT2D eigenvalue weighted by Crippen LogP contribution is 2.31. The normalized spacial score (nSPS) is 22.7. The van der Waals surface area contributed by atoms with Crippen LogP contribution >= 0.6 is 11.6 Å². The summed E-state index contributed by atoms with van der Waals surface area (Å²) >= 11 is 5.86. The van der Waals surface area contributed by atoms with Gasteiger partial charge in [-0.05, 0) is 37.1 Å². The molecule has 25 heavy (non-hydrogen) atoms. The van der Waals surface area contributed by atoms with Crippen molar-refractivity contribution in [2.45, 2.75) is 44.1 Å². The van der Waals surface area contributed by atoms with E-state index in [1.165, 1.54) is 0 Å². The first-order valence-corrected chi connectivity index (χ1v) is 8.90. The minimum Gasteiger partial charge on any atom is -0.480 e. The van der Waals surface area contributed by atoms with Gasteiger partial charge < -0.3 is 15.3 Å². The van der Waals surface area contributed by atoms with Crippen LogP contribution in [0.15, 0.2) is 24.3 Å². The number of benzene rings is 1. The van der Waals surface area contributed by atoms with Gasteiger partial charge in [-0.3, -0.25) is 9.59 Å². The number of nitrogens with one attached hydrogen (secondary N) is 1. The number of halogens is 1. The van der Waals surface area contributed by atoms with Crippen molar-refractivity contribution in [3.8, 4) is 0 Å². The summed E-state index contributed by atoms with van der Waals surface area (Å²) < 4.78 is 0. The van der Waals surface area contributed by atoms with Crippen LogP contribution in [0.3, 0.4) is 0 Å². The Morgan fingerprint density at radius 1 is 1.16 bits per heavy atom. The van der Waals surface area contributed by atoms with E-state index in [1.54, 1.807) is 29.2 Å². The Kier molecular flexibility index (Phi) is 4.99. The molecule has 0 unspecified atom stereocenters. The van der Waals surface area contributed by atoms with Gasteiger partial charge in [-0.15, -0.1) is 0 Å². The third kappa shape index (κ3) is 3.63. The largest absolute Gasteiger partial charge is 0.480 e. The maximum Gasteiger partial charge on any atom is 0.329 e. The minimum absolute atomic E-state index is 0.0875. The third-order valence-electron chi connectivity index (χ3n) is 5.11. The molecule has 1 saturated heterocycles. The van der Waals surface area contributed by atoms with Crippen molar-refractivity contribution in [1.82, 2.24) is 5.32 Å². The van der Waals surface area contributed by atoms with Crippen LogP contribution in [0.2, 0.25) is 5.02 Å². The number of rotatable bonds is 4. The van der Waals surface area contributed by atoms with Gasteiger partial charge in [0.05, 0.1) is 5.92 Å². The molecule has 2 amide bonds. The van der Waals surface area contributed by atoms with Crippen LogP contribution in [0, 0.1) is 5.92 Å². The molecule has 1 aliphatic heterocycles. The molecule has 2 N–H and O–H groups in total. The zero-order chi connectivity index (χ0) is 18.0. The first-order chi connectivity index (χ1) is 11.9. The average Bonchev–Trinajstić information content (AvgIpc) is 2.98. The Hall–Kier alpha value is -2.08. The molecule has 1 aromatic rings. The van der Waals surface area contributed by atoms with Crippen LogP contribution in [-0.4, -0.2) is 35.0 Å². The van der Waals surface area contributed by atoms with E-state index in [9.17, 15) is 19.5 Å². The number of hydrogen-bond donors (Lipinski definition) is 2. The SMILES string of the molecule is O=C(NC1(C(=O)O)CCCCC1)[C@@H]1CC(=O)N(c2ccc(Cl)cc2)C1. The molecular weight excluding hydrogens is 344 g/mol. The first kappa shape index (κ1) is 17.7. The number of nitrogens with zero attached hydrogens (tertiary/aromatic N) is 1. The zero-order valence-corrected chi connectivity index (χ0v) is 14.6. The van der Waals surface area contributed by atoms with E-state index in [0.29, 0.717) is 23.6 Å². The average molecular weight is 365 g/mol. The molecule has 1 heterocycles. The minimum atomic E-state index is -1.19. The van der Waals surface area contributed by atoms with E-state index in [0.717, 1.165) is 19.3 Å². The maximum atomic E-state index is 12.6. The molecule has 0 spiro atoms. The number of anilines is 1. The summed E-state index contributed by atoms with van der Waals surface area (Å²) in [5.41, 5.74) is -0.498. The van der Waals surface area contributed by atoms with Gasteiger partial charge in [-0.25, -0.2) is 4.79 Å². The van der Waals surface area contributed by atoms with Gasteiger partial charge in [-0.1, -0.05) is 30.9 Å². The molecule has 0 bridgehead atoms. The van der Waals surface area contributed by atoms with Crippen molar-refractivity contribution in [1.29, 1.82) is 0 Å². The van der Waals surface area contributed by atoms with E-state index in [2.05, 4.69) is 5.32 Å². The van der Waals surface area contributed by atoms with Crippen LogP contribution in [0.25, 0.3) is 0 Å². The van der Waals surface area contributed by atoms with Crippen molar-refractivity contribution in [3.63, 3.8) is 0 Å². The van der Waals surface area contributed by atoms with E-state index >= 15 is 0 Å². The molecule has 1 aliphatic carbocycles. The number of carbonyl (C=O) groups excluding carboxylic acids is 2. The number of carbonyl (C=O) groups is 3. The number of carboxylic acid groups (broad SMARTS) is 1. The quantitative estimate of drug-likeness (QED) is 0.859. The Morgan fingerprint density at radius 2 is 1.80 bits per heavy atom. The lowest BCUT2D eigenvalue weighted by Gasteiger charge is -2.34. The lowest BCUT2D eigenvalue weighted by atomic mass is 9.81. The van der Waals surface area contributed by atoms with Crippen LogP contribution < -0.4 is 10.2 Å². The maximum absolute atomic E-state index is 12.6. The molecule has 2 aliphatic rings. The summed E-state index contributed by atoms with van der Waals surface area (Å²) in [4.78, 5) is 38.2. The van der Waals surface area contributed by atoms with Gasteiger partial charge in [0, 0.05) is 23.7 Å². The van der Waals surface area contributed by atoms with Gasteiger partial charge >= 0.3 is 5.97 Å². The van der Waals surface area contributed by atoms with Gasteiger partial charge in [-0.2, -0.15) is 0 Å². The summed E-state index contributed by atoms with van der Waals surface area (Å²) in [7, 11) is 0. The predicted molar refractivity (Wildman–Crippen MR) is 93.5 cm³/mol. The van der Waals surface area contributed by atoms with Crippen molar-refractivity contribution >= 4 is 35.1 Å². The zero-order valence-electron chi connectivity index (χ0n) is 13.8. The number of carboxylic acids is 1. The summed E-state index contributed by atoms with van der Waals surface area (Å²) in [6.07, 6.45) is 3.52. The molecule has 2 fully saturated rings. The Bertz CT molecular complexity index is 683. The fraction of sp³-hybridized carbons (Fsp3) is 0.500. The fourth-order valence-corrected chi connectivity index (χ4v) is 3.77. The van der Waals surface area contributed by atoms with Crippen LogP contribution in [-0.2, 0) is 14.4 Å². The molecule has 1 aromatic carbocycles. The van der Waals surface area contributed by atoms with Crippen molar-refractivity contribution in [3.05, 3.63) is 29.3 Å². The van der Waals surface area contributed by atoms with E-state index in [1.807, 2.05) is 0 Å². The van der Waals surface area contributed by atoms with Gasteiger partial charge in [0.25, 0.3) is 0 Å². The molecule has 1 saturated carbocycles. The van der Waals surface area contributed by atoms with Crippen molar-refractivity contribution in [2.24, 2.45) is 5.92 Å². The molecule has 6 nitrogen and oxygen atoms in total. The van der Waals surface area contributed by atoms with Crippen LogP contribution in [0.4, 0.5) is 5.69 Å². The predicted octanol–water partition coefficient (Wildman–Crippen LogP) is 2.60. The standard InChI is InChI=1S/C18H21ClN2O4/c19-13-4-6-14(7-5-13)21-11-12(10-15(21)22)16(23)20-18(17(24)25)8-2-1-3-9-18/h4-7,12H,1-3,8-11H2,(H,20,23)(H,24,25)/t12-/m1/s1. The molecule has 7 heteroatoms. The van der Waals surface area contributed by atoms with E-state index < -0.39 is 17.4 Å². The monoisotopic (exact) mass is 364 g/mol. The smallest absolute Gasteiger partial charge is 0.329 e. The van der Waals surface area contributed by atoms with Gasteiger partial charge in [0.1, 0.15) is 5.54 Å². The lowest BCUT2D eigenvalue weighted by molar-refractivity contribution is -0.149. The van der Waals surface area contributed by atoms with Gasteiger partial charge in [0.15, 0.2) is 0 Å². The second kappa shape index (κ2) is 7.04. The highest BCUT2D eigenvalue weighted by Gasteiger charge is 2.44. The number of aliphatic carboxylic acids is 1. The third-order valence-corrected chi connectivity index (χ3v) is 5.37. The number of hydrogen-bond acceptors (Lipinski definition) is 3. The number of amides is 2. The Labute approximate surface area is 151 Å². The molecule has 3 rings (SSSR count). The summed E-state index contributed by atoms with van der Waals surface area (Å²) in [6.45, 7) is 0.252. The Balaban J connectivity index is 1.70. The van der Waals surface area contributed by atoms with Crippen molar-refractivity contribution < 1.29 is 19.5 Å². The molecular formula is C18H21ClN2O4. The molecule has 1 atom stereocenters. The molecule has 134 valence electrons. The van der Waals surface area contributed by atoms with E-state index in [4.69, 9.17) is 11.6 Å². The highest BCUT2D eigenvalue weighted by atomic mass is 35.5. The van der Waals surface area contributed by atoms with Crippen LogP contribution in [0.5, 0.6) is 0 Å². The highest BCUT2D eigenvalue weighted by molar-refractivity contribution is 6.30. The summed E-state index contributed by atoms with van der Waals surface area (Å²) in [5.74, 6) is -2.02. The molecule has 0 aromatic heterocycles. The topological polar surface area (TPSA) is 86.7 Å². The second-order valence-electron chi connectivity index (χ2n) is 6.82. The molecule has 0 radical (unpaired) electrons. The van der Waals surface area contributed by atoms with Gasteiger partial charge in [0.2, 0.25) is 11.8 Å². The van der Waals surface area contributed by atoms with Crippen LogP contribution in [0.1, 0.15) is 38.5 Å². The lowest BCUT2D eigenvalue weighted by Crippen LogP contribution is -2.57. The first-order valence-electron chi connectivity index (χ1n) is 8.53.